The van der Waals surface area contributed by atoms with Crippen molar-refractivity contribution in [3.63, 3.8) is 0 Å². The van der Waals surface area contributed by atoms with E-state index in [-0.39, 0.29) is 12.6 Å². The van der Waals surface area contributed by atoms with Crippen LogP contribution in [0.5, 0.6) is 0 Å². The SMILES string of the molecule is CCn1ncc(C(=O)N2CCCC(n3cncn3)C2)c1C(F)(F)F. The maximum Gasteiger partial charge on any atom is 0.433 e. The summed E-state index contributed by atoms with van der Waals surface area (Å²) in [6, 6.07) is -0.0826. The van der Waals surface area contributed by atoms with E-state index in [2.05, 4.69) is 15.2 Å². The van der Waals surface area contributed by atoms with E-state index in [1.807, 2.05) is 0 Å². The third kappa shape index (κ3) is 3.00. The highest BCUT2D eigenvalue weighted by Crippen LogP contribution is 2.33. The normalized spacial score (nSPS) is 18.8. The molecule has 130 valence electrons. The van der Waals surface area contributed by atoms with Gasteiger partial charge < -0.3 is 4.90 Å². The summed E-state index contributed by atoms with van der Waals surface area (Å²) in [6.07, 6.45) is 0.821. The summed E-state index contributed by atoms with van der Waals surface area (Å²) >= 11 is 0. The second-order valence-corrected chi connectivity index (χ2v) is 5.64. The Morgan fingerprint density at radius 2 is 2.17 bits per heavy atom. The smallest absolute Gasteiger partial charge is 0.336 e. The van der Waals surface area contributed by atoms with Gasteiger partial charge in [-0.3, -0.25) is 9.48 Å². The van der Waals surface area contributed by atoms with Crippen molar-refractivity contribution in [1.82, 2.24) is 29.4 Å². The van der Waals surface area contributed by atoms with Crippen LogP contribution < -0.4 is 0 Å². The Kier molecular flexibility index (Phi) is 4.29. The minimum atomic E-state index is -4.63. The number of carbonyl (C=O) groups excluding carboxylic acids is 1. The zero-order valence-electron chi connectivity index (χ0n) is 13.1. The van der Waals surface area contributed by atoms with Gasteiger partial charge in [0.15, 0.2) is 5.69 Å². The molecule has 0 N–H and O–H groups in total. The number of nitrogens with zero attached hydrogens (tertiary/aromatic N) is 6. The van der Waals surface area contributed by atoms with E-state index in [0.29, 0.717) is 19.5 Å². The van der Waals surface area contributed by atoms with Gasteiger partial charge in [0, 0.05) is 19.6 Å². The van der Waals surface area contributed by atoms with Crippen molar-refractivity contribution in [3.8, 4) is 0 Å². The molecule has 0 saturated carbocycles. The number of piperidine rings is 1. The van der Waals surface area contributed by atoms with Crippen molar-refractivity contribution in [2.24, 2.45) is 0 Å². The van der Waals surface area contributed by atoms with E-state index in [4.69, 9.17) is 0 Å². The lowest BCUT2D eigenvalue weighted by Gasteiger charge is -2.32. The molecular weight excluding hydrogens is 325 g/mol. The van der Waals surface area contributed by atoms with Crippen molar-refractivity contribution in [2.45, 2.75) is 38.5 Å². The number of aromatic nitrogens is 5. The van der Waals surface area contributed by atoms with Crippen LogP contribution in [-0.2, 0) is 12.7 Å². The lowest BCUT2D eigenvalue weighted by Crippen LogP contribution is -2.41. The molecule has 2 aromatic rings. The van der Waals surface area contributed by atoms with Crippen molar-refractivity contribution < 1.29 is 18.0 Å². The molecule has 1 fully saturated rings. The minimum Gasteiger partial charge on any atom is -0.336 e. The molecule has 3 heterocycles. The molecule has 0 aliphatic carbocycles. The lowest BCUT2D eigenvalue weighted by atomic mass is 10.0. The quantitative estimate of drug-likeness (QED) is 0.855. The second-order valence-electron chi connectivity index (χ2n) is 5.64. The van der Waals surface area contributed by atoms with Crippen LogP contribution in [-0.4, -0.2) is 48.4 Å². The molecule has 0 aromatic carbocycles. The molecule has 24 heavy (non-hydrogen) atoms. The Morgan fingerprint density at radius 1 is 1.38 bits per heavy atom. The molecule has 0 radical (unpaired) electrons. The van der Waals surface area contributed by atoms with Crippen molar-refractivity contribution in [3.05, 3.63) is 30.1 Å². The third-order valence-corrected chi connectivity index (χ3v) is 4.13. The van der Waals surface area contributed by atoms with Gasteiger partial charge in [0.2, 0.25) is 0 Å². The average molecular weight is 342 g/mol. The fourth-order valence-electron chi connectivity index (χ4n) is 3.01. The first-order chi connectivity index (χ1) is 11.4. The molecule has 3 rings (SSSR count). The summed E-state index contributed by atoms with van der Waals surface area (Å²) in [5.41, 5.74) is -1.39. The van der Waals surface area contributed by atoms with Gasteiger partial charge in [0.05, 0.1) is 17.8 Å². The summed E-state index contributed by atoms with van der Waals surface area (Å²) in [5, 5.41) is 7.76. The highest BCUT2D eigenvalue weighted by molar-refractivity contribution is 5.95. The maximum absolute atomic E-state index is 13.3. The van der Waals surface area contributed by atoms with E-state index < -0.39 is 23.3 Å². The van der Waals surface area contributed by atoms with Gasteiger partial charge in [-0.15, -0.1) is 0 Å². The number of amides is 1. The Hall–Kier alpha value is -2.39. The Bertz CT molecular complexity index is 709. The molecule has 1 saturated heterocycles. The molecule has 1 unspecified atom stereocenters. The van der Waals surface area contributed by atoms with Gasteiger partial charge in [-0.25, -0.2) is 9.67 Å². The zero-order valence-corrected chi connectivity index (χ0v) is 13.1. The standard InChI is InChI=1S/C14H17F3N6O/c1-2-22-12(14(15,16)17)11(6-19-22)13(24)21-5-3-4-10(7-21)23-9-18-8-20-23/h6,8-10H,2-5,7H2,1H3. The number of hydrogen-bond acceptors (Lipinski definition) is 4. The monoisotopic (exact) mass is 342 g/mol. The first kappa shape index (κ1) is 16.5. The van der Waals surface area contributed by atoms with E-state index in [0.717, 1.165) is 17.3 Å². The predicted octanol–water partition coefficient (Wildman–Crippen LogP) is 1.99. The lowest BCUT2D eigenvalue weighted by molar-refractivity contribution is -0.144. The molecule has 7 nitrogen and oxygen atoms in total. The Labute approximate surface area is 136 Å². The van der Waals surface area contributed by atoms with E-state index >= 15 is 0 Å². The minimum absolute atomic E-state index is 0.0453. The molecule has 0 bridgehead atoms. The van der Waals surface area contributed by atoms with Crippen LogP contribution >= 0.6 is 0 Å². The molecular formula is C14H17F3N6O. The van der Waals surface area contributed by atoms with Crippen LogP contribution in [0.15, 0.2) is 18.9 Å². The number of hydrogen-bond donors (Lipinski definition) is 0. The molecule has 10 heteroatoms. The summed E-state index contributed by atoms with van der Waals surface area (Å²) in [4.78, 5) is 17.9. The molecule has 2 aromatic heterocycles. The summed E-state index contributed by atoms with van der Waals surface area (Å²) in [5.74, 6) is -0.646. The highest BCUT2D eigenvalue weighted by Gasteiger charge is 2.41. The largest absolute Gasteiger partial charge is 0.433 e. The summed E-state index contributed by atoms with van der Waals surface area (Å²) in [6.45, 7) is 2.32. The van der Waals surface area contributed by atoms with Crippen LogP contribution in [0.2, 0.25) is 0 Å². The van der Waals surface area contributed by atoms with Crippen LogP contribution in [0, 0.1) is 0 Å². The number of rotatable bonds is 3. The fraction of sp³-hybridized carbons (Fsp3) is 0.571. The van der Waals surface area contributed by atoms with Gasteiger partial charge in [0.25, 0.3) is 5.91 Å². The van der Waals surface area contributed by atoms with Gasteiger partial charge in [-0.2, -0.15) is 23.4 Å². The average Bonchev–Trinajstić information content (AvgIpc) is 3.23. The van der Waals surface area contributed by atoms with E-state index in [1.165, 1.54) is 11.2 Å². The highest BCUT2D eigenvalue weighted by atomic mass is 19.4. The maximum atomic E-state index is 13.3. The Morgan fingerprint density at radius 3 is 2.79 bits per heavy atom. The van der Waals surface area contributed by atoms with Gasteiger partial charge in [-0.1, -0.05) is 0 Å². The van der Waals surface area contributed by atoms with Crippen molar-refractivity contribution in [1.29, 1.82) is 0 Å². The first-order valence-electron chi connectivity index (χ1n) is 7.68. The second kappa shape index (κ2) is 6.25. The number of halogens is 3. The van der Waals surface area contributed by atoms with E-state index in [9.17, 15) is 18.0 Å². The molecule has 1 atom stereocenters. The van der Waals surface area contributed by atoms with Crippen LogP contribution in [0.4, 0.5) is 13.2 Å². The van der Waals surface area contributed by atoms with Crippen molar-refractivity contribution >= 4 is 5.91 Å². The van der Waals surface area contributed by atoms with Gasteiger partial charge >= 0.3 is 6.18 Å². The Balaban J connectivity index is 1.85. The third-order valence-electron chi connectivity index (χ3n) is 4.13. The fourth-order valence-corrected chi connectivity index (χ4v) is 3.01. The molecule has 1 aliphatic rings. The number of likely N-dealkylation sites (tertiary alicyclic amines) is 1. The first-order valence-corrected chi connectivity index (χ1v) is 7.68. The van der Waals surface area contributed by atoms with Gasteiger partial charge in [-0.05, 0) is 19.8 Å². The van der Waals surface area contributed by atoms with Crippen LogP contribution in [0.3, 0.4) is 0 Å². The number of alkyl halides is 3. The zero-order chi connectivity index (χ0) is 17.3. The summed E-state index contributed by atoms with van der Waals surface area (Å²) < 4.78 is 42.4. The van der Waals surface area contributed by atoms with E-state index in [1.54, 1.807) is 17.9 Å². The predicted molar refractivity (Wildman–Crippen MR) is 77.1 cm³/mol. The van der Waals surface area contributed by atoms with Crippen LogP contribution in [0.25, 0.3) is 0 Å². The number of aryl methyl sites for hydroxylation is 1. The number of carbonyl (C=O) groups is 1. The molecule has 1 amide bonds. The summed E-state index contributed by atoms with van der Waals surface area (Å²) in [7, 11) is 0. The van der Waals surface area contributed by atoms with Crippen molar-refractivity contribution in [2.75, 3.05) is 13.1 Å². The van der Waals surface area contributed by atoms with Crippen LogP contribution in [0.1, 0.15) is 41.9 Å². The topological polar surface area (TPSA) is 68.8 Å². The molecule has 0 spiro atoms. The van der Waals surface area contributed by atoms with Gasteiger partial charge in [0.1, 0.15) is 12.7 Å². The molecule has 1 aliphatic heterocycles.